The average molecular weight is 485 g/mol. The predicted octanol–water partition coefficient (Wildman–Crippen LogP) is 3.61. The first-order chi connectivity index (χ1) is 15.9. The van der Waals surface area contributed by atoms with E-state index in [0.717, 1.165) is 36.8 Å². The SMILES string of the molecule is CN/C=C(\C=N)c1nc(-c2ccc(C(F)(F)F)cc2)cc2c(=O)n(CC(O)C(F)(F)F)cnc12. The Kier molecular flexibility index (Phi) is 6.77. The quantitative estimate of drug-likeness (QED) is 0.366. The normalized spacial score (nSPS) is 13.7. The molecule has 3 N–H and O–H groups in total. The molecule has 0 aliphatic heterocycles. The Labute approximate surface area is 187 Å². The molecule has 7 nitrogen and oxygen atoms in total. The Hall–Kier alpha value is -3.74. The first-order valence-corrected chi connectivity index (χ1v) is 9.57. The summed E-state index contributed by atoms with van der Waals surface area (Å²) in [6.45, 7) is -1.11. The van der Waals surface area contributed by atoms with Crippen LogP contribution in [0.2, 0.25) is 0 Å². The molecule has 3 rings (SSSR count). The molecule has 34 heavy (non-hydrogen) atoms. The van der Waals surface area contributed by atoms with Crippen LogP contribution in [0.4, 0.5) is 26.3 Å². The lowest BCUT2D eigenvalue weighted by Gasteiger charge is -2.16. The van der Waals surface area contributed by atoms with E-state index < -0.39 is 36.1 Å². The minimum atomic E-state index is -4.97. The van der Waals surface area contributed by atoms with E-state index in [4.69, 9.17) is 5.41 Å². The first-order valence-electron chi connectivity index (χ1n) is 9.57. The number of pyridine rings is 1. The van der Waals surface area contributed by atoms with Crippen molar-refractivity contribution in [2.45, 2.75) is 25.0 Å². The molecule has 2 heterocycles. The van der Waals surface area contributed by atoms with E-state index in [-0.39, 0.29) is 33.4 Å². The Morgan fingerprint density at radius 2 is 1.85 bits per heavy atom. The minimum Gasteiger partial charge on any atom is -0.393 e. The Morgan fingerprint density at radius 1 is 1.21 bits per heavy atom. The van der Waals surface area contributed by atoms with Gasteiger partial charge in [-0.15, -0.1) is 0 Å². The van der Waals surface area contributed by atoms with E-state index in [0.29, 0.717) is 4.57 Å². The number of nitrogens with zero attached hydrogens (tertiary/aromatic N) is 3. The summed E-state index contributed by atoms with van der Waals surface area (Å²) in [7, 11) is 1.53. The zero-order valence-electron chi connectivity index (χ0n) is 17.4. The summed E-state index contributed by atoms with van der Waals surface area (Å²) in [5.41, 5.74) is -1.48. The first kappa shape index (κ1) is 24.9. The van der Waals surface area contributed by atoms with Crippen molar-refractivity contribution in [3.05, 3.63) is 64.5 Å². The largest absolute Gasteiger partial charge is 0.416 e. The maximum Gasteiger partial charge on any atom is 0.416 e. The summed E-state index contributed by atoms with van der Waals surface area (Å²) in [4.78, 5) is 21.3. The third-order valence-electron chi connectivity index (χ3n) is 4.79. The number of hydrogen-bond donors (Lipinski definition) is 3. The van der Waals surface area contributed by atoms with Gasteiger partial charge in [-0.25, -0.2) is 9.97 Å². The number of benzene rings is 1. The van der Waals surface area contributed by atoms with E-state index >= 15 is 0 Å². The van der Waals surface area contributed by atoms with Crippen LogP contribution in [-0.4, -0.2) is 45.2 Å². The molecular formula is C21H17F6N5O2. The lowest BCUT2D eigenvalue weighted by atomic mass is 10.0. The number of aliphatic hydroxyl groups is 1. The van der Waals surface area contributed by atoms with Gasteiger partial charge in [0.15, 0.2) is 6.10 Å². The van der Waals surface area contributed by atoms with Gasteiger partial charge in [0.05, 0.1) is 29.5 Å². The number of allylic oxidation sites excluding steroid dienone is 1. The fourth-order valence-corrected chi connectivity index (χ4v) is 3.10. The van der Waals surface area contributed by atoms with E-state index in [1.807, 2.05) is 0 Å². The second-order valence-corrected chi connectivity index (χ2v) is 7.12. The highest BCUT2D eigenvalue weighted by Gasteiger charge is 2.38. The second kappa shape index (κ2) is 9.25. The fourth-order valence-electron chi connectivity index (χ4n) is 3.10. The van der Waals surface area contributed by atoms with Gasteiger partial charge >= 0.3 is 12.4 Å². The van der Waals surface area contributed by atoms with Crippen molar-refractivity contribution in [1.29, 1.82) is 5.41 Å². The molecule has 1 unspecified atom stereocenters. The number of rotatable bonds is 6. The number of fused-ring (bicyclic) bond motifs is 1. The van der Waals surface area contributed by atoms with Crippen molar-refractivity contribution in [3.63, 3.8) is 0 Å². The van der Waals surface area contributed by atoms with Crippen molar-refractivity contribution in [1.82, 2.24) is 19.9 Å². The van der Waals surface area contributed by atoms with Gasteiger partial charge in [-0.3, -0.25) is 9.36 Å². The molecule has 0 saturated carbocycles. The highest BCUT2D eigenvalue weighted by atomic mass is 19.4. The number of nitrogens with one attached hydrogen (secondary N) is 2. The molecule has 13 heteroatoms. The van der Waals surface area contributed by atoms with Gasteiger partial charge in [0.2, 0.25) is 0 Å². The predicted molar refractivity (Wildman–Crippen MR) is 112 cm³/mol. The molecule has 180 valence electrons. The molecule has 2 aromatic heterocycles. The lowest BCUT2D eigenvalue weighted by molar-refractivity contribution is -0.207. The van der Waals surface area contributed by atoms with Gasteiger partial charge in [0.1, 0.15) is 11.2 Å². The molecule has 1 atom stereocenters. The highest BCUT2D eigenvalue weighted by Crippen LogP contribution is 2.32. The van der Waals surface area contributed by atoms with Crippen LogP contribution in [0.1, 0.15) is 11.3 Å². The number of halogens is 6. The maximum absolute atomic E-state index is 13.0. The van der Waals surface area contributed by atoms with Crippen LogP contribution >= 0.6 is 0 Å². The minimum absolute atomic E-state index is 0.0115. The van der Waals surface area contributed by atoms with Crippen LogP contribution < -0.4 is 10.9 Å². The summed E-state index contributed by atoms with van der Waals surface area (Å²) < 4.78 is 77.6. The van der Waals surface area contributed by atoms with Crippen molar-refractivity contribution in [2.75, 3.05) is 7.05 Å². The van der Waals surface area contributed by atoms with E-state index in [1.165, 1.54) is 19.3 Å². The van der Waals surface area contributed by atoms with Gasteiger partial charge in [0.25, 0.3) is 5.56 Å². The number of hydrogen-bond acceptors (Lipinski definition) is 6. The fraction of sp³-hybridized carbons (Fsp3) is 0.238. The zero-order chi connectivity index (χ0) is 25.3. The Bertz CT molecular complexity index is 1300. The summed E-state index contributed by atoms with van der Waals surface area (Å²) in [6.07, 6.45) is -9.27. The van der Waals surface area contributed by atoms with Crippen LogP contribution in [0.25, 0.3) is 27.7 Å². The van der Waals surface area contributed by atoms with Crippen LogP contribution in [0.15, 0.2) is 47.7 Å². The molecular weight excluding hydrogens is 468 g/mol. The molecule has 0 saturated heterocycles. The number of aromatic nitrogens is 3. The van der Waals surface area contributed by atoms with Crippen molar-refractivity contribution >= 4 is 22.7 Å². The zero-order valence-corrected chi connectivity index (χ0v) is 17.4. The number of alkyl halides is 6. The van der Waals surface area contributed by atoms with Gasteiger partial charge in [-0.1, -0.05) is 12.1 Å². The summed E-state index contributed by atoms with van der Waals surface area (Å²) in [5, 5.41) is 19.5. The Balaban J connectivity index is 2.25. The van der Waals surface area contributed by atoms with Gasteiger partial charge in [-0.05, 0) is 18.2 Å². The molecule has 0 spiro atoms. The van der Waals surface area contributed by atoms with Crippen LogP contribution in [0, 0.1) is 5.41 Å². The van der Waals surface area contributed by atoms with Gasteiger partial charge < -0.3 is 15.8 Å². The highest BCUT2D eigenvalue weighted by molar-refractivity contribution is 6.12. The standard InChI is InChI=1S/C21H17F6N5O2/c1-29-8-12(7-28)17-18-14(19(34)32(10-30-18)9-16(33)21(25,26)27)6-15(31-17)11-2-4-13(5-3-11)20(22,23)24/h2-8,10,16,28-29,33H,9H2,1H3/b12-8+,28-7?. The topological polar surface area (TPSA) is 104 Å². The molecule has 0 aliphatic rings. The summed E-state index contributed by atoms with van der Waals surface area (Å²) in [6, 6.07) is 5.10. The van der Waals surface area contributed by atoms with Crippen LogP contribution in [0.5, 0.6) is 0 Å². The third-order valence-corrected chi connectivity index (χ3v) is 4.79. The van der Waals surface area contributed by atoms with Crippen molar-refractivity contribution in [3.8, 4) is 11.3 Å². The molecule has 0 aliphatic carbocycles. The van der Waals surface area contributed by atoms with Gasteiger partial charge in [0, 0.05) is 30.6 Å². The number of aliphatic hydroxyl groups excluding tert-OH is 1. The molecule has 0 fully saturated rings. The van der Waals surface area contributed by atoms with Crippen LogP contribution in [0.3, 0.4) is 0 Å². The van der Waals surface area contributed by atoms with E-state index in [2.05, 4.69) is 15.3 Å². The third kappa shape index (κ3) is 5.09. The second-order valence-electron chi connectivity index (χ2n) is 7.12. The van der Waals surface area contributed by atoms with Crippen molar-refractivity contribution in [2.24, 2.45) is 0 Å². The summed E-state index contributed by atoms with van der Waals surface area (Å²) >= 11 is 0. The Morgan fingerprint density at radius 3 is 2.38 bits per heavy atom. The molecule has 0 bridgehead atoms. The maximum atomic E-state index is 13.0. The molecule has 3 aromatic rings. The molecule has 0 radical (unpaired) electrons. The monoisotopic (exact) mass is 485 g/mol. The molecule has 1 aromatic carbocycles. The summed E-state index contributed by atoms with van der Waals surface area (Å²) in [5.74, 6) is 0. The van der Waals surface area contributed by atoms with E-state index in [9.17, 15) is 36.2 Å². The van der Waals surface area contributed by atoms with E-state index in [1.54, 1.807) is 0 Å². The van der Waals surface area contributed by atoms with Gasteiger partial charge in [-0.2, -0.15) is 26.3 Å². The lowest BCUT2D eigenvalue weighted by Crippen LogP contribution is -2.36. The molecule has 0 amide bonds. The van der Waals surface area contributed by atoms with Crippen LogP contribution in [-0.2, 0) is 12.7 Å². The smallest absolute Gasteiger partial charge is 0.393 e. The van der Waals surface area contributed by atoms with Crippen molar-refractivity contribution < 1.29 is 31.4 Å². The average Bonchev–Trinajstić information content (AvgIpc) is 2.77.